The second kappa shape index (κ2) is 7.52. The van der Waals surface area contributed by atoms with Crippen molar-refractivity contribution in [3.05, 3.63) is 28.8 Å². The Balaban J connectivity index is 0.00000361. The van der Waals surface area contributed by atoms with Crippen LogP contribution in [0, 0.1) is 18.4 Å². The predicted octanol–water partition coefficient (Wildman–Crippen LogP) is 0.739. The molecule has 0 aliphatic rings. The van der Waals surface area contributed by atoms with Gasteiger partial charge in [0.05, 0.1) is 0 Å². The van der Waals surface area contributed by atoms with Crippen LogP contribution >= 0.6 is 0 Å². The molecule has 1 aromatic rings. The van der Waals surface area contributed by atoms with Gasteiger partial charge in [-0.2, -0.15) is 0 Å². The van der Waals surface area contributed by atoms with Crippen molar-refractivity contribution in [1.29, 1.82) is 0 Å². The molecule has 0 atom stereocenters. The Kier molecular flexibility index (Phi) is 7.63. The fraction of sp³-hybridized carbons (Fsp3) is 0.385. The largest absolute Gasteiger partial charge is 1.00 e. The van der Waals surface area contributed by atoms with Crippen LogP contribution in [0.25, 0.3) is 0 Å². The van der Waals surface area contributed by atoms with Crippen molar-refractivity contribution in [3.8, 4) is 11.5 Å². The SMILES string of the molecule is Cc1c(N)cc(C#C[Si](C)(C)C)cc1C[B-](F)(F)F.[K+]. The molecule has 0 amide bonds. The molecular weight excluding hydrogens is 305 g/mol. The average Bonchev–Trinajstić information content (AvgIpc) is 2.19. The van der Waals surface area contributed by atoms with Gasteiger partial charge in [-0.05, 0) is 24.6 Å². The smallest absolute Gasteiger partial charge is 0.449 e. The maximum Gasteiger partial charge on any atom is 1.00 e. The van der Waals surface area contributed by atoms with Gasteiger partial charge >= 0.3 is 58.4 Å². The summed E-state index contributed by atoms with van der Waals surface area (Å²) in [5.41, 5.74) is 10.6. The number of anilines is 1. The minimum Gasteiger partial charge on any atom is -0.449 e. The number of nitrogen functional groups attached to an aromatic ring is 1. The third-order valence-corrected chi connectivity index (χ3v) is 3.46. The second-order valence-corrected chi connectivity index (χ2v) is 10.5. The molecule has 1 rings (SSSR count). The molecular formula is C13H18BF3KNSi. The molecule has 1 nitrogen and oxygen atoms in total. The van der Waals surface area contributed by atoms with Crippen LogP contribution < -0.4 is 57.1 Å². The number of hydrogen-bond acceptors (Lipinski definition) is 1. The molecule has 104 valence electrons. The summed E-state index contributed by atoms with van der Waals surface area (Å²) >= 11 is 0. The first-order valence-corrected chi connectivity index (χ1v) is 9.61. The first-order chi connectivity index (χ1) is 8.48. The van der Waals surface area contributed by atoms with E-state index in [1.165, 1.54) is 6.07 Å². The number of nitrogens with two attached hydrogens (primary N) is 1. The fourth-order valence-electron chi connectivity index (χ4n) is 1.59. The van der Waals surface area contributed by atoms with Crippen LogP contribution in [-0.2, 0) is 6.32 Å². The Bertz CT molecular complexity index is 542. The van der Waals surface area contributed by atoms with Crippen LogP contribution in [-0.4, -0.2) is 15.1 Å². The zero-order valence-electron chi connectivity index (χ0n) is 12.7. The molecule has 2 N–H and O–H groups in total. The molecule has 0 spiro atoms. The van der Waals surface area contributed by atoms with Gasteiger partial charge in [0, 0.05) is 11.3 Å². The standard InChI is InChI=1S/C13H18BF3NSi.K/c1-10-12(9-14(15,16)17)7-11(8-13(10)18)5-6-19(2,3)4;/h7-8H,9,18H2,1-4H3;/q-1;+1. The predicted molar refractivity (Wildman–Crippen MR) is 78.6 cm³/mol. The summed E-state index contributed by atoms with van der Waals surface area (Å²) in [5.74, 6) is 2.95. The van der Waals surface area contributed by atoms with Gasteiger partial charge in [0.2, 0.25) is 0 Å². The van der Waals surface area contributed by atoms with Crippen molar-refractivity contribution in [2.75, 3.05) is 5.73 Å². The van der Waals surface area contributed by atoms with E-state index in [2.05, 4.69) is 31.1 Å². The number of hydrogen-bond donors (Lipinski definition) is 1. The molecule has 0 fully saturated rings. The van der Waals surface area contributed by atoms with Gasteiger partial charge in [-0.1, -0.05) is 37.4 Å². The molecule has 0 aliphatic heterocycles. The summed E-state index contributed by atoms with van der Waals surface area (Å²) in [7, 11) is -1.56. The number of benzene rings is 1. The minimum atomic E-state index is -4.86. The molecule has 0 radical (unpaired) electrons. The Morgan fingerprint density at radius 1 is 1.20 bits per heavy atom. The third-order valence-electron chi connectivity index (χ3n) is 2.59. The molecule has 0 heterocycles. The zero-order valence-corrected chi connectivity index (χ0v) is 16.8. The van der Waals surface area contributed by atoms with Crippen LogP contribution in [0.15, 0.2) is 12.1 Å². The molecule has 0 aromatic heterocycles. The Labute approximate surface area is 162 Å². The van der Waals surface area contributed by atoms with E-state index in [1.807, 2.05) is 0 Å². The summed E-state index contributed by atoms with van der Waals surface area (Å²) in [6.07, 6.45) is -0.904. The van der Waals surface area contributed by atoms with Crippen LogP contribution in [0.4, 0.5) is 18.6 Å². The molecule has 20 heavy (non-hydrogen) atoms. The van der Waals surface area contributed by atoms with Gasteiger partial charge in [0.15, 0.2) is 0 Å². The van der Waals surface area contributed by atoms with Crippen molar-refractivity contribution in [2.24, 2.45) is 0 Å². The molecule has 0 saturated heterocycles. The van der Waals surface area contributed by atoms with Crippen molar-refractivity contribution >= 4 is 20.7 Å². The van der Waals surface area contributed by atoms with Gasteiger partial charge in [-0.3, -0.25) is 0 Å². The minimum absolute atomic E-state index is 0. The molecule has 0 saturated carbocycles. The second-order valence-electron chi connectivity index (χ2n) is 5.76. The van der Waals surface area contributed by atoms with Gasteiger partial charge in [-0.25, -0.2) is 0 Å². The van der Waals surface area contributed by atoms with E-state index in [1.54, 1.807) is 13.0 Å². The van der Waals surface area contributed by atoms with E-state index in [-0.39, 0.29) is 56.9 Å². The van der Waals surface area contributed by atoms with Gasteiger partial charge in [-0.15, -0.1) is 5.54 Å². The summed E-state index contributed by atoms with van der Waals surface area (Å²) in [4.78, 5) is 0. The first kappa shape index (κ1) is 20.3. The van der Waals surface area contributed by atoms with Crippen molar-refractivity contribution in [2.45, 2.75) is 32.9 Å². The number of halogens is 3. The summed E-state index contributed by atoms with van der Waals surface area (Å²) in [5, 5.41) is 0. The van der Waals surface area contributed by atoms with Crippen molar-refractivity contribution in [1.82, 2.24) is 0 Å². The summed E-state index contributed by atoms with van der Waals surface area (Å²) in [6.45, 7) is 2.99. The monoisotopic (exact) mass is 323 g/mol. The maximum absolute atomic E-state index is 12.6. The van der Waals surface area contributed by atoms with Crippen LogP contribution in [0.5, 0.6) is 0 Å². The van der Waals surface area contributed by atoms with Crippen LogP contribution in [0.2, 0.25) is 19.6 Å². The Hall–Kier alpha value is 0.288. The van der Waals surface area contributed by atoms with E-state index >= 15 is 0 Å². The summed E-state index contributed by atoms with van der Waals surface area (Å²) in [6, 6.07) is 3.16. The van der Waals surface area contributed by atoms with E-state index in [0.717, 1.165) is 0 Å². The fourth-order valence-corrected chi connectivity index (χ4v) is 2.11. The zero-order chi connectivity index (χ0) is 14.8. The Morgan fingerprint density at radius 2 is 1.75 bits per heavy atom. The average molecular weight is 323 g/mol. The van der Waals surface area contributed by atoms with Gasteiger partial charge in [0.1, 0.15) is 8.07 Å². The van der Waals surface area contributed by atoms with E-state index in [9.17, 15) is 12.9 Å². The van der Waals surface area contributed by atoms with E-state index in [4.69, 9.17) is 5.73 Å². The third kappa shape index (κ3) is 7.34. The van der Waals surface area contributed by atoms with Crippen LogP contribution in [0.1, 0.15) is 16.7 Å². The van der Waals surface area contributed by atoms with Gasteiger partial charge in [0.25, 0.3) is 0 Å². The molecule has 0 unspecified atom stereocenters. The molecule has 1 aromatic carbocycles. The molecule has 7 heteroatoms. The first-order valence-electron chi connectivity index (χ1n) is 6.11. The van der Waals surface area contributed by atoms with E-state index in [0.29, 0.717) is 16.8 Å². The van der Waals surface area contributed by atoms with E-state index < -0.39 is 21.4 Å². The van der Waals surface area contributed by atoms with Crippen LogP contribution in [0.3, 0.4) is 0 Å². The van der Waals surface area contributed by atoms with Crippen molar-refractivity contribution < 1.29 is 64.3 Å². The van der Waals surface area contributed by atoms with Crippen molar-refractivity contribution in [3.63, 3.8) is 0 Å². The quantitative estimate of drug-likeness (QED) is 0.485. The van der Waals surface area contributed by atoms with Gasteiger partial charge < -0.3 is 18.7 Å². The summed E-state index contributed by atoms with van der Waals surface area (Å²) < 4.78 is 37.7. The maximum atomic E-state index is 12.6. The molecule has 0 aliphatic carbocycles. The number of rotatable bonds is 2. The molecule has 0 bridgehead atoms. The topological polar surface area (TPSA) is 26.0 Å². The Morgan fingerprint density at radius 3 is 2.20 bits per heavy atom. The normalized spacial score (nSPS) is 11.3.